The number of rotatable bonds is 5. The third-order valence-electron chi connectivity index (χ3n) is 3.26. The van der Waals surface area contributed by atoms with Gasteiger partial charge in [-0.2, -0.15) is 0 Å². The molecule has 6 nitrogen and oxygen atoms in total. The average Bonchev–Trinajstić information content (AvgIpc) is 2.54. The fourth-order valence-electron chi connectivity index (χ4n) is 1.97. The van der Waals surface area contributed by atoms with E-state index in [4.69, 9.17) is 4.74 Å². The van der Waals surface area contributed by atoms with E-state index in [1.165, 1.54) is 12.1 Å². The molecule has 2 rings (SSSR count). The number of ether oxygens (including phenoxy) is 1. The SMILES string of the molecule is CC(OC(=O)c1ccc(S(C)=O)cc1)c1cccc([N+](=O)[O-])c1. The van der Waals surface area contributed by atoms with Crippen LogP contribution >= 0.6 is 0 Å². The van der Waals surface area contributed by atoms with Crippen molar-refractivity contribution in [1.82, 2.24) is 0 Å². The fourth-order valence-corrected chi connectivity index (χ4v) is 2.49. The molecule has 0 radical (unpaired) electrons. The predicted molar refractivity (Wildman–Crippen MR) is 85.7 cm³/mol. The molecule has 0 fully saturated rings. The molecule has 0 spiro atoms. The lowest BCUT2D eigenvalue weighted by Gasteiger charge is -2.13. The first-order chi connectivity index (χ1) is 10.9. The highest BCUT2D eigenvalue weighted by atomic mass is 32.2. The largest absolute Gasteiger partial charge is 0.454 e. The number of nitro benzene ring substituents is 1. The van der Waals surface area contributed by atoms with Crippen LogP contribution in [0, 0.1) is 10.1 Å². The highest BCUT2D eigenvalue weighted by Crippen LogP contribution is 2.23. The number of hydrogen-bond donors (Lipinski definition) is 0. The lowest BCUT2D eigenvalue weighted by atomic mass is 10.1. The van der Waals surface area contributed by atoms with Crippen LogP contribution in [0.5, 0.6) is 0 Å². The minimum atomic E-state index is -1.11. The Balaban J connectivity index is 2.11. The van der Waals surface area contributed by atoms with Crippen LogP contribution in [0.2, 0.25) is 0 Å². The maximum absolute atomic E-state index is 12.1. The van der Waals surface area contributed by atoms with Gasteiger partial charge in [-0.25, -0.2) is 4.79 Å². The van der Waals surface area contributed by atoms with Crippen LogP contribution < -0.4 is 0 Å². The number of carbonyl (C=O) groups excluding carboxylic acids is 1. The van der Waals surface area contributed by atoms with Gasteiger partial charge in [-0.1, -0.05) is 12.1 Å². The Morgan fingerprint density at radius 2 is 1.87 bits per heavy atom. The zero-order chi connectivity index (χ0) is 17.0. The Bertz CT molecular complexity index is 757. The number of benzene rings is 2. The van der Waals surface area contributed by atoms with Crippen molar-refractivity contribution in [3.8, 4) is 0 Å². The van der Waals surface area contributed by atoms with E-state index in [0.29, 0.717) is 16.0 Å². The van der Waals surface area contributed by atoms with E-state index in [1.807, 2.05) is 0 Å². The maximum Gasteiger partial charge on any atom is 0.338 e. The molecule has 2 atom stereocenters. The molecule has 0 saturated heterocycles. The van der Waals surface area contributed by atoms with Gasteiger partial charge in [0.1, 0.15) is 6.10 Å². The first kappa shape index (κ1) is 16.8. The molecule has 23 heavy (non-hydrogen) atoms. The van der Waals surface area contributed by atoms with Gasteiger partial charge >= 0.3 is 5.97 Å². The molecule has 0 aliphatic carbocycles. The minimum Gasteiger partial charge on any atom is -0.454 e. The maximum atomic E-state index is 12.1. The van der Waals surface area contributed by atoms with Crippen LogP contribution in [0.4, 0.5) is 5.69 Å². The molecule has 0 aromatic heterocycles. The Morgan fingerprint density at radius 1 is 1.22 bits per heavy atom. The number of nitrogens with zero attached hydrogens (tertiary/aromatic N) is 1. The standard InChI is InChI=1S/C16H15NO5S/c1-11(13-4-3-5-14(10-13)17(19)20)22-16(18)12-6-8-15(9-7-12)23(2)21/h3-11H,1-2H3. The highest BCUT2D eigenvalue weighted by Gasteiger charge is 2.16. The summed E-state index contributed by atoms with van der Waals surface area (Å²) in [6.45, 7) is 1.65. The van der Waals surface area contributed by atoms with Gasteiger partial charge in [0.05, 0.1) is 10.5 Å². The fraction of sp³-hybridized carbons (Fsp3) is 0.188. The molecule has 2 aromatic rings. The quantitative estimate of drug-likeness (QED) is 0.476. The zero-order valence-corrected chi connectivity index (χ0v) is 13.4. The monoisotopic (exact) mass is 333 g/mol. The van der Waals surface area contributed by atoms with Crippen LogP contribution in [0.3, 0.4) is 0 Å². The summed E-state index contributed by atoms with van der Waals surface area (Å²) < 4.78 is 16.6. The molecular formula is C16H15NO5S. The summed E-state index contributed by atoms with van der Waals surface area (Å²) in [5.74, 6) is -0.544. The summed E-state index contributed by atoms with van der Waals surface area (Å²) in [4.78, 5) is 23.0. The number of carbonyl (C=O) groups is 1. The van der Waals surface area contributed by atoms with Crippen molar-refractivity contribution in [2.45, 2.75) is 17.9 Å². The molecular weight excluding hydrogens is 318 g/mol. The van der Waals surface area contributed by atoms with Crippen molar-refractivity contribution in [1.29, 1.82) is 0 Å². The highest BCUT2D eigenvalue weighted by molar-refractivity contribution is 7.84. The van der Waals surface area contributed by atoms with Crippen LogP contribution in [-0.4, -0.2) is 21.4 Å². The molecule has 2 unspecified atom stereocenters. The second kappa shape index (κ2) is 7.15. The Morgan fingerprint density at radius 3 is 2.43 bits per heavy atom. The Hall–Kier alpha value is -2.54. The third-order valence-corrected chi connectivity index (χ3v) is 4.19. The smallest absolute Gasteiger partial charge is 0.338 e. The predicted octanol–water partition coefficient (Wildman–Crippen LogP) is 3.25. The van der Waals surface area contributed by atoms with Gasteiger partial charge in [0, 0.05) is 34.1 Å². The summed E-state index contributed by atoms with van der Waals surface area (Å²) in [5.41, 5.74) is 0.815. The molecule has 0 heterocycles. The first-order valence-corrected chi connectivity index (χ1v) is 8.33. The molecule has 0 saturated carbocycles. The average molecular weight is 333 g/mol. The minimum absolute atomic E-state index is 0.0554. The van der Waals surface area contributed by atoms with E-state index in [2.05, 4.69) is 0 Å². The van der Waals surface area contributed by atoms with Gasteiger partial charge in [0.25, 0.3) is 5.69 Å². The topological polar surface area (TPSA) is 86.5 Å². The Kier molecular flexibility index (Phi) is 5.23. The van der Waals surface area contributed by atoms with Crippen LogP contribution in [0.1, 0.15) is 28.9 Å². The van der Waals surface area contributed by atoms with E-state index < -0.39 is 27.8 Å². The van der Waals surface area contributed by atoms with Gasteiger partial charge in [-0.3, -0.25) is 14.3 Å². The van der Waals surface area contributed by atoms with Gasteiger partial charge in [-0.05, 0) is 36.8 Å². The first-order valence-electron chi connectivity index (χ1n) is 6.77. The van der Waals surface area contributed by atoms with Gasteiger partial charge in [0.15, 0.2) is 0 Å². The normalized spacial score (nSPS) is 13.1. The number of non-ortho nitro benzene ring substituents is 1. The lowest BCUT2D eigenvalue weighted by Crippen LogP contribution is -2.09. The van der Waals surface area contributed by atoms with Gasteiger partial charge in [0.2, 0.25) is 0 Å². The van der Waals surface area contributed by atoms with Crippen molar-refractivity contribution >= 4 is 22.5 Å². The van der Waals surface area contributed by atoms with Crippen molar-refractivity contribution in [3.05, 3.63) is 69.8 Å². The van der Waals surface area contributed by atoms with Gasteiger partial charge in [-0.15, -0.1) is 0 Å². The van der Waals surface area contributed by atoms with Crippen molar-refractivity contribution in [2.24, 2.45) is 0 Å². The molecule has 0 bridgehead atoms. The van der Waals surface area contributed by atoms with E-state index in [-0.39, 0.29) is 5.69 Å². The third kappa shape index (κ3) is 4.23. The van der Waals surface area contributed by atoms with Crippen LogP contribution in [0.25, 0.3) is 0 Å². The van der Waals surface area contributed by atoms with Crippen molar-refractivity contribution in [3.63, 3.8) is 0 Å². The second-order valence-electron chi connectivity index (χ2n) is 4.88. The molecule has 0 amide bonds. The van der Waals surface area contributed by atoms with Gasteiger partial charge < -0.3 is 4.74 Å². The van der Waals surface area contributed by atoms with E-state index >= 15 is 0 Å². The lowest BCUT2D eigenvalue weighted by molar-refractivity contribution is -0.385. The number of nitro groups is 1. The summed E-state index contributed by atoms with van der Waals surface area (Å²) >= 11 is 0. The second-order valence-corrected chi connectivity index (χ2v) is 6.26. The van der Waals surface area contributed by atoms with Crippen molar-refractivity contribution < 1.29 is 18.7 Å². The molecule has 2 aromatic carbocycles. The van der Waals surface area contributed by atoms with E-state index in [9.17, 15) is 19.1 Å². The summed E-state index contributed by atoms with van der Waals surface area (Å²) in [5, 5.41) is 10.8. The van der Waals surface area contributed by atoms with Crippen LogP contribution in [0.15, 0.2) is 53.4 Å². The summed E-state index contributed by atoms with van der Waals surface area (Å²) in [6, 6.07) is 12.2. The molecule has 7 heteroatoms. The molecule has 0 aliphatic rings. The van der Waals surface area contributed by atoms with Crippen molar-refractivity contribution in [2.75, 3.05) is 6.26 Å². The molecule has 0 aliphatic heterocycles. The number of esters is 1. The molecule has 120 valence electrons. The Labute approximate surface area is 135 Å². The van der Waals surface area contributed by atoms with E-state index in [0.717, 1.165) is 0 Å². The zero-order valence-electron chi connectivity index (χ0n) is 12.6. The molecule has 0 N–H and O–H groups in total. The summed E-state index contributed by atoms with van der Waals surface area (Å²) in [7, 11) is -1.11. The van der Waals surface area contributed by atoms with E-state index in [1.54, 1.807) is 49.6 Å². The number of hydrogen-bond acceptors (Lipinski definition) is 5. The van der Waals surface area contributed by atoms with Crippen LogP contribution in [-0.2, 0) is 15.5 Å². The summed E-state index contributed by atoms with van der Waals surface area (Å²) in [6.07, 6.45) is 0.930.